The molecule has 1 aromatic rings. The predicted octanol–water partition coefficient (Wildman–Crippen LogP) is 4.04. The highest BCUT2D eigenvalue weighted by Gasteiger charge is 2.38. The van der Waals surface area contributed by atoms with E-state index in [-0.39, 0.29) is 11.6 Å². The second-order valence-electron chi connectivity index (χ2n) is 5.95. The molecule has 2 heteroatoms. The summed E-state index contributed by atoms with van der Waals surface area (Å²) in [7, 11) is 1.83. The Labute approximate surface area is 117 Å². The normalized spacial score (nSPS) is 20.8. The van der Waals surface area contributed by atoms with Gasteiger partial charge in [0.15, 0.2) is 0 Å². The van der Waals surface area contributed by atoms with E-state index in [1.54, 1.807) is 0 Å². The zero-order valence-electron chi connectivity index (χ0n) is 12.5. The first-order valence-electron chi connectivity index (χ1n) is 7.47. The first kappa shape index (κ1) is 14.5. The largest absolute Gasteiger partial charge is 0.376 e. The van der Waals surface area contributed by atoms with Crippen LogP contribution in [-0.4, -0.2) is 12.7 Å². The maximum atomic E-state index is 6.63. The van der Waals surface area contributed by atoms with Crippen molar-refractivity contribution in [2.45, 2.75) is 64.0 Å². The second kappa shape index (κ2) is 6.06. The fourth-order valence-electron chi connectivity index (χ4n) is 3.36. The van der Waals surface area contributed by atoms with Crippen molar-refractivity contribution in [3.8, 4) is 0 Å². The van der Waals surface area contributed by atoms with Crippen LogP contribution in [0, 0.1) is 13.8 Å². The minimum atomic E-state index is -0.172. The highest BCUT2D eigenvalue weighted by Crippen LogP contribution is 2.39. The molecule has 0 heterocycles. The molecule has 2 nitrogen and oxygen atoms in total. The average Bonchev–Trinajstić information content (AvgIpc) is 2.67. The van der Waals surface area contributed by atoms with Crippen LogP contribution < -0.4 is 5.73 Å². The summed E-state index contributed by atoms with van der Waals surface area (Å²) in [5.41, 5.74) is 10.3. The van der Waals surface area contributed by atoms with Crippen LogP contribution in [-0.2, 0) is 4.74 Å². The van der Waals surface area contributed by atoms with E-state index in [2.05, 4.69) is 32.0 Å². The smallest absolute Gasteiger partial charge is 0.0870 e. The topological polar surface area (TPSA) is 35.2 Å². The van der Waals surface area contributed by atoms with Crippen LogP contribution in [0.15, 0.2) is 18.2 Å². The molecule has 0 aliphatic heterocycles. The Morgan fingerprint density at radius 1 is 1.11 bits per heavy atom. The molecule has 106 valence electrons. The van der Waals surface area contributed by atoms with E-state index in [9.17, 15) is 0 Å². The van der Waals surface area contributed by atoms with Crippen LogP contribution in [0.4, 0.5) is 0 Å². The number of methoxy groups -OCH3 is 1. The van der Waals surface area contributed by atoms with Gasteiger partial charge in [0.05, 0.1) is 11.6 Å². The van der Waals surface area contributed by atoms with Crippen LogP contribution in [0.2, 0.25) is 0 Å². The van der Waals surface area contributed by atoms with Crippen LogP contribution in [0.25, 0.3) is 0 Å². The molecule has 1 aliphatic carbocycles. The van der Waals surface area contributed by atoms with Gasteiger partial charge in [-0.2, -0.15) is 0 Å². The van der Waals surface area contributed by atoms with Gasteiger partial charge in [0.1, 0.15) is 0 Å². The van der Waals surface area contributed by atoms with E-state index in [1.165, 1.54) is 42.4 Å². The Bertz CT molecular complexity index is 419. The van der Waals surface area contributed by atoms with Crippen molar-refractivity contribution in [1.29, 1.82) is 0 Å². The molecule has 2 N–H and O–H groups in total. The van der Waals surface area contributed by atoms with Crippen LogP contribution in [0.5, 0.6) is 0 Å². The van der Waals surface area contributed by atoms with Gasteiger partial charge in [0, 0.05) is 7.11 Å². The summed E-state index contributed by atoms with van der Waals surface area (Å²) in [5.74, 6) is 0. The van der Waals surface area contributed by atoms with Gasteiger partial charge in [-0.3, -0.25) is 0 Å². The van der Waals surface area contributed by atoms with Crippen LogP contribution >= 0.6 is 0 Å². The molecule has 0 bridgehead atoms. The zero-order valence-corrected chi connectivity index (χ0v) is 12.5. The Morgan fingerprint density at radius 2 is 1.74 bits per heavy atom. The summed E-state index contributed by atoms with van der Waals surface area (Å²) in [5, 5.41) is 0. The fourth-order valence-corrected chi connectivity index (χ4v) is 3.36. The third-order valence-electron chi connectivity index (χ3n) is 4.90. The number of nitrogens with two attached hydrogens (primary N) is 1. The van der Waals surface area contributed by atoms with E-state index in [0.717, 1.165) is 12.8 Å². The van der Waals surface area contributed by atoms with Gasteiger partial charge in [-0.15, -0.1) is 0 Å². The molecule has 1 aromatic carbocycles. The highest BCUT2D eigenvalue weighted by atomic mass is 16.5. The molecule has 0 radical (unpaired) electrons. The molecule has 0 saturated heterocycles. The Balaban J connectivity index is 2.34. The van der Waals surface area contributed by atoms with E-state index in [4.69, 9.17) is 10.5 Å². The summed E-state index contributed by atoms with van der Waals surface area (Å²) >= 11 is 0. The SMILES string of the molecule is COC1(C(N)c2cccc(C)c2C)CCCCCC1. The van der Waals surface area contributed by atoms with Crippen LogP contribution in [0.3, 0.4) is 0 Å². The summed E-state index contributed by atoms with van der Waals surface area (Å²) in [4.78, 5) is 0. The standard InChI is InChI=1S/C17H27NO/c1-13-9-8-10-15(14(13)2)16(18)17(19-3)11-6-4-5-7-12-17/h8-10,16H,4-7,11-12,18H2,1-3H3. The van der Waals surface area contributed by atoms with Gasteiger partial charge in [-0.1, -0.05) is 43.9 Å². The molecule has 19 heavy (non-hydrogen) atoms. The van der Waals surface area contributed by atoms with Gasteiger partial charge in [0.2, 0.25) is 0 Å². The van der Waals surface area contributed by atoms with Crippen molar-refractivity contribution in [2.75, 3.05) is 7.11 Å². The van der Waals surface area contributed by atoms with Crippen molar-refractivity contribution in [3.05, 3.63) is 34.9 Å². The molecular formula is C17H27NO. The maximum Gasteiger partial charge on any atom is 0.0870 e. The average molecular weight is 261 g/mol. The molecule has 2 rings (SSSR count). The molecule has 1 unspecified atom stereocenters. The van der Waals surface area contributed by atoms with Crippen molar-refractivity contribution in [1.82, 2.24) is 0 Å². The number of ether oxygens (including phenoxy) is 1. The van der Waals surface area contributed by atoms with Gasteiger partial charge in [-0.05, 0) is 43.4 Å². The van der Waals surface area contributed by atoms with E-state index in [1.807, 2.05) is 7.11 Å². The number of hydrogen-bond donors (Lipinski definition) is 1. The molecule has 1 atom stereocenters. The minimum Gasteiger partial charge on any atom is -0.376 e. The molecule has 0 spiro atoms. The molecule has 1 aliphatic rings. The van der Waals surface area contributed by atoms with Gasteiger partial charge >= 0.3 is 0 Å². The predicted molar refractivity (Wildman–Crippen MR) is 80.3 cm³/mol. The summed E-state index contributed by atoms with van der Waals surface area (Å²) in [6.07, 6.45) is 7.24. The number of rotatable bonds is 3. The van der Waals surface area contributed by atoms with Crippen molar-refractivity contribution in [2.24, 2.45) is 5.73 Å². The van der Waals surface area contributed by atoms with Crippen molar-refractivity contribution < 1.29 is 4.74 Å². The third-order valence-corrected chi connectivity index (χ3v) is 4.90. The molecule has 1 fully saturated rings. The Kier molecular flexibility index (Phi) is 4.64. The lowest BCUT2D eigenvalue weighted by Gasteiger charge is -2.38. The Hall–Kier alpha value is -0.860. The Morgan fingerprint density at radius 3 is 2.32 bits per heavy atom. The zero-order chi connectivity index (χ0) is 13.9. The quantitative estimate of drug-likeness (QED) is 0.833. The van der Waals surface area contributed by atoms with E-state index >= 15 is 0 Å². The minimum absolute atomic E-state index is 0.0181. The summed E-state index contributed by atoms with van der Waals surface area (Å²) in [6, 6.07) is 6.41. The number of hydrogen-bond acceptors (Lipinski definition) is 2. The van der Waals surface area contributed by atoms with Gasteiger partial charge < -0.3 is 10.5 Å². The summed E-state index contributed by atoms with van der Waals surface area (Å²) < 4.78 is 5.94. The van der Waals surface area contributed by atoms with E-state index < -0.39 is 0 Å². The van der Waals surface area contributed by atoms with E-state index in [0.29, 0.717) is 0 Å². The molecule has 0 amide bonds. The van der Waals surface area contributed by atoms with Crippen molar-refractivity contribution in [3.63, 3.8) is 0 Å². The second-order valence-corrected chi connectivity index (χ2v) is 5.95. The lowest BCUT2D eigenvalue weighted by atomic mass is 9.81. The number of aryl methyl sites for hydroxylation is 1. The molecule has 1 saturated carbocycles. The maximum absolute atomic E-state index is 6.63. The number of benzene rings is 1. The molecule has 0 aromatic heterocycles. The fraction of sp³-hybridized carbons (Fsp3) is 0.647. The van der Waals surface area contributed by atoms with Gasteiger partial charge in [0.25, 0.3) is 0 Å². The monoisotopic (exact) mass is 261 g/mol. The molecular weight excluding hydrogens is 234 g/mol. The first-order valence-corrected chi connectivity index (χ1v) is 7.47. The van der Waals surface area contributed by atoms with Crippen LogP contribution in [0.1, 0.15) is 61.3 Å². The third kappa shape index (κ3) is 2.85. The van der Waals surface area contributed by atoms with Gasteiger partial charge in [-0.25, -0.2) is 0 Å². The lowest BCUT2D eigenvalue weighted by molar-refractivity contribution is -0.0443. The highest BCUT2D eigenvalue weighted by molar-refractivity contribution is 5.36. The first-order chi connectivity index (χ1) is 9.10. The lowest BCUT2D eigenvalue weighted by Crippen LogP contribution is -2.43. The summed E-state index contributed by atoms with van der Waals surface area (Å²) in [6.45, 7) is 4.32. The van der Waals surface area contributed by atoms with Crippen molar-refractivity contribution >= 4 is 0 Å².